The van der Waals surface area contributed by atoms with Gasteiger partial charge in [0.2, 0.25) is 5.91 Å². The summed E-state index contributed by atoms with van der Waals surface area (Å²) in [6.07, 6.45) is 5.64. The maximum atomic E-state index is 13.8. The number of nitrogens with one attached hydrogen (secondary N) is 1. The number of carbonyl (C=O) groups is 2. The molecule has 1 aliphatic carbocycles. The van der Waals surface area contributed by atoms with Crippen LogP contribution in [0, 0.1) is 25.2 Å². The van der Waals surface area contributed by atoms with E-state index in [1.807, 2.05) is 6.33 Å². The third-order valence-electron chi connectivity index (χ3n) is 7.90. The molecule has 2 aliphatic rings. The molecule has 1 aromatic heterocycles. The molecule has 0 radical (unpaired) electrons. The van der Waals surface area contributed by atoms with E-state index in [9.17, 15) is 9.59 Å². The molecule has 1 atom stereocenters. The van der Waals surface area contributed by atoms with Crippen molar-refractivity contribution in [1.29, 1.82) is 5.26 Å². The molecule has 8 heteroatoms. The van der Waals surface area contributed by atoms with Crippen LogP contribution in [0.1, 0.15) is 69.7 Å². The van der Waals surface area contributed by atoms with Crippen molar-refractivity contribution in [3.8, 4) is 6.07 Å². The van der Waals surface area contributed by atoms with Gasteiger partial charge < -0.3 is 20.5 Å². The second-order valence-corrected chi connectivity index (χ2v) is 10.7. The highest BCUT2D eigenvalue weighted by Crippen LogP contribution is 2.27. The van der Waals surface area contributed by atoms with E-state index in [-0.39, 0.29) is 30.4 Å². The molecule has 8 nitrogen and oxygen atoms in total. The van der Waals surface area contributed by atoms with Crippen molar-refractivity contribution in [2.45, 2.75) is 77.2 Å². The molecule has 1 unspecified atom stereocenters. The highest BCUT2D eigenvalue weighted by Gasteiger charge is 2.38. The van der Waals surface area contributed by atoms with Crippen molar-refractivity contribution < 1.29 is 9.59 Å². The van der Waals surface area contributed by atoms with Gasteiger partial charge in [-0.3, -0.25) is 9.59 Å². The maximum absolute atomic E-state index is 13.8. The fourth-order valence-electron chi connectivity index (χ4n) is 5.52. The molecule has 2 heterocycles. The number of nitrogens with two attached hydrogens (primary N) is 1. The summed E-state index contributed by atoms with van der Waals surface area (Å²) >= 11 is 0. The molecule has 2 aromatic carbocycles. The van der Waals surface area contributed by atoms with Gasteiger partial charge in [-0.05, 0) is 74.9 Å². The molecular formula is C30H34N6O2. The summed E-state index contributed by atoms with van der Waals surface area (Å²) in [5.74, 6) is -0.382. The monoisotopic (exact) mass is 510 g/mol. The minimum absolute atomic E-state index is 0.0670. The van der Waals surface area contributed by atoms with Crippen LogP contribution in [-0.2, 0) is 24.3 Å². The van der Waals surface area contributed by atoms with Crippen LogP contribution in [0.5, 0.6) is 0 Å². The summed E-state index contributed by atoms with van der Waals surface area (Å²) in [4.78, 5) is 33.7. The van der Waals surface area contributed by atoms with Crippen LogP contribution in [0.2, 0.25) is 0 Å². The van der Waals surface area contributed by atoms with Crippen molar-refractivity contribution in [2.75, 3.05) is 0 Å². The third-order valence-corrected chi connectivity index (χ3v) is 7.90. The van der Waals surface area contributed by atoms with Gasteiger partial charge in [-0.25, -0.2) is 4.98 Å². The first-order valence-electron chi connectivity index (χ1n) is 13.3. The molecule has 5 rings (SSSR count). The molecule has 0 spiro atoms. The maximum Gasteiger partial charge on any atom is 0.254 e. The van der Waals surface area contributed by atoms with Gasteiger partial charge in [-0.2, -0.15) is 5.26 Å². The van der Waals surface area contributed by atoms with E-state index >= 15 is 0 Å². The average molecular weight is 511 g/mol. The number of aryl methyl sites for hydroxylation is 2. The van der Waals surface area contributed by atoms with E-state index in [1.165, 1.54) is 16.7 Å². The van der Waals surface area contributed by atoms with Gasteiger partial charge in [-0.15, -0.1) is 0 Å². The van der Waals surface area contributed by atoms with E-state index in [4.69, 9.17) is 11.0 Å². The van der Waals surface area contributed by atoms with Gasteiger partial charge >= 0.3 is 0 Å². The molecule has 1 aliphatic heterocycles. The zero-order chi connectivity index (χ0) is 26.8. The molecule has 3 N–H and O–H groups in total. The Hall–Kier alpha value is -3.96. The lowest BCUT2D eigenvalue weighted by molar-refractivity contribution is -0.127. The first-order chi connectivity index (χ1) is 18.3. The summed E-state index contributed by atoms with van der Waals surface area (Å²) in [5, 5.41) is 12.3. The number of hydrogen-bond donors (Lipinski definition) is 2. The quantitative estimate of drug-likeness (QED) is 0.546. The summed E-state index contributed by atoms with van der Waals surface area (Å²) in [6, 6.07) is 14.7. The van der Waals surface area contributed by atoms with Gasteiger partial charge in [0, 0.05) is 30.6 Å². The van der Waals surface area contributed by atoms with Crippen molar-refractivity contribution in [3.05, 3.63) is 88.0 Å². The zero-order valence-electron chi connectivity index (χ0n) is 22.0. The van der Waals surface area contributed by atoms with E-state index < -0.39 is 6.04 Å². The smallest absolute Gasteiger partial charge is 0.254 e. The summed E-state index contributed by atoms with van der Waals surface area (Å²) in [7, 11) is 0. The number of aromatic nitrogens is 2. The second kappa shape index (κ2) is 10.8. The van der Waals surface area contributed by atoms with Crippen LogP contribution in [0.15, 0.2) is 48.8 Å². The largest absolute Gasteiger partial charge is 0.352 e. The lowest BCUT2D eigenvalue weighted by atomic mass is 9.91. The number of imidazole rings is 1. The van der Waals surface area contributed by atoms with Crippen LogP contribution >= 0.6 is 0 Å². The van der Waals surface area contributed by atoms with Crippen LogP contribution < -0.4 is 11.1 Å². The molecule has 1 saturated carbocycles. The highest BCUT2D eigenvalue weighted by molar-refractivity contribution is 5.98. The Morgan fingerprint density at radius 2 is 1.84 bits per heavy atom. The number of nitrogens with zero attached hydrogens (tertiary/aromatic N) is 4. The molecule has 38 heavy (non-hydrogen) atoms. The summed E-state index contributed by atoms with van der Waals surface area (Å²) < 4.78 is 2.09. The third kappa shape index (κ3) is 5.34. The minimum atomic E-state index is -0.662. The van der Waals surface area contributed by atoms with Crippen molar-refractivity contribution in [1.82, 2.24) is 19.8 Å². The lowest BCUT2D eigenvalue weighted by Gasteiger charge is -2.36. The summed E-state index contributed by atoms with van der Waals surface area (Å²) in [6.45, 7) is 5.10. The van der Waals surface area contributed by atoms with Gasteiger partial charge in [0.05, 0.1) is 35.9 Å². The van der Waals surface area contributed by atoms with Gasteiger partial charge in [0.25, 0.3) is 5.91 Å². The number of amides is 2. The average Bonchev–Trinajstić information content (AvgIpc) is 3.32. The molecule has 3 aromatic rings. The number of fused-ring (bicyclic) bond motifs is 1. The molecule has 0 saturated heterocycles. The Kier molecular flexibility index (Phi) is 7.30. The topological polar surface area (TPSA) is 117 Å². The van der Waals surface area contributed by atoms with E-state index in [0.717, 1.165) is 37.1 Å². The Balaban J connectivity index is 1.44. The highest BCUT2D eigenvalue weighted by atomic mass is 16.2. The van der Waals surface area contributed by atoms with Crippen LogP contribution in [-0.4, -0.2) is 44.4 Å². The normalized spacial score (nSPS) is 20.9. The minimum Gasteiger partial charge on any atom is -0.352 e. The summed E-state index contributed by atoms with van der Waals surface area (Å²) in [5.41, 5.74) is 12.4. The standard InChI is InChI=1S/C30H34N6O2/c1-19-3-4-20(2)23(13-19)16-35-18-33-26-14-27(29(37)34-25-11-9-24(32)10-12-25)36(17-28(26)35)30(38)22-7-5-21(15-31)6-8-22/h3-8,13,18,24-25,27H,9-12,14,16-17,32H2,1-2H3,(H,34,37). The Morgan fingerprint density at radius 3 is 2.55 bits per heavy atom. The molecule has 0 bridgehead atoms. The Labute approximate surface area is 223 Å². The predicted molar refractivity (Wildman–Crippen MR) is 144 cm³/mol. The number of nitriles is 1. The predicted octanol–water partition coefficient (Wildman–Crippen LogP) is 3.37. The first kappa shape index (κ1) is 25.7. The number of rotatable bonds is 5. The zero-order valence-corrected chi connectivity index (χ0v) is 22.0. The Bertz CT molecular complexity index is 1380. The van der Waals surface area contributed by atoms with E-state index in [0.29, 0.717) is 24.1 Å². The SMILES string of the molecule is Cc1ccc(C)c(Cn2cnc3c2CN(C(=O)c2ccc(C#N)cc2)C(C(=O)NC2CCC(N)CC2)C3)c1. The van der Waals surface area contributed by atoms with Crippen molar-refractivity contribution in [2.24, 2.45) is 5.73 Å². The van der Waals surface area contributed by atoms with Crippen LogP contribution in [0.4, 0.5) is 0 Å². The molecule has 2 amide bonds. The van der Waals surface area contributed by atoms with Gasteiger partial charge in [0.1, 0.15) is 6.04 Å². The van der Waals surface area contributed by atoms with E-state index in [1.54, 1.807) is 29.2 Å². The van der Waals surface area contributed by atoms with Gasteiger partial charge in [-0.1, -0.05) is 23.8 Å². The van der Waals surface area contributed by atoms with Crippen LogP contribution in [0.3, 0.4) is 0 Å². The van der Waals surface area contributed by atoms with Crippen molar-refractivity contribution >= 4 is 11.8 Å². The van der Waals surface area contributed by atoms with E-state index in [2.05, 4.69) is 53.0 Å². The number of carbonyl (C=O) groups excluding carboxylic acids is 2. The Morgan fingerprint density at radius 1 is 1.11 bits per heavy atom. The number of benzene rings is 2. The fraction of sp³-hybridized carbons (Fsp3) is 0.400. The van der Waals surface area contributed by atoms with Crippen LogP contribution in [0.25, 0.3) is 0 Å². The lowest BCUT2D eigenvalue weighted by Crippen LogP contribution is -2.55. The molecule has 1 fully saturated rings. The first-order valence-corrected chi connectivity index (χ1v) is 13.3. The number of hydrogen-bond acceptors (Lipinski definition) is 5. The fourth-order valence-corrected chi connectivity index (χ4v) is 5.52. The van der Waals surface area contributed by atoms with Crippen molar-refractivity contribution in [3.63, 3.8) is 0 Å². The van der Waals surface area contributed by atoms with Gasteiger partial charge in [0.15, 0.2) is 0 Å². The molecule has 196 valence electrons. The second-order valence-electron chi connectivity index (χ2n) is 10.7. The molecular weight excluding hydrogens is 476 g/mol.